The minimum atomic E-state index is 0.884. The quantitative estimate of drug-likeness (QED) is 0.731. The lowest BCUT2D eigenvalue weighted by Crippen LogP contribution is -1.73. The second-order valence-electron chi connectivity index (χ2n) is 2.95. The van der Waals surface area contributed by atoms with E-state index in [1.54, 1.807) is 11.3 Å². The van der Waals surface area contributed by atoms with Crippen LogP contribution in [0.4, 0.5) is 0 Å². The fraction of sp³-hybridized carbons (Fsp3) is 0.300. The third kappa shape index (κ3) is 1.65. The molecule has 0 aliphatic heterocycles. The molecule has 0 bridgehead atoms. The van der Waals surface area contributed by atoms with Crippen LogP contribution in [0.25, 0.3) is 10.6 Å². The van der Waals surface area contributed by atoms with Gasteiger partial charge in [0, 0.05) is 10.9 Å². The van der Waals surface area contributed by atoms with Crippen LogP contribution >= 0.6 is 11.3 Å². The maximum absolute atomic E-state index is 5.22. The number of hydrogen-bond donors (Lipinski definition) is 0. The van der Waals surface area contributed by atoms with Gasteiger partial charge in [-0.15, -0.1) is 11.3 Å². The first-order valence-electron chi connectivity index (χ1n) is 4.32. The normalized spacial score (nSPS) is 10.6. The van der Waals surface area contributed by atoms with Gasteiger partial charge in [-0.2, -0.15) is 0 Å². The smallest absolute Gasteiger partial charge is 0.177 e. The van der Waals surface area contributed by atoms with Gasteiger partial charge in [0.1, 0.15) is 0 Å². The van der Waals surface area contributed by atoms with Crippen molar-refractivity contribution < 1.29 is 4.52 Å². The van der Waals surface area contributed by atoms with Crippen LogP contribution in [-0.2, 0) is 6.42 Å². The molecule has 0 aromatic carbocycles. The Morgan fingerprint density at radius 3 is 2.85 bits per heavy atom. The highest BCUT2D eigenvalue weighted by Gasteiger charge is 2.06. The van der Waals surface area contributed by atoms with E-state index in [1.165, 1.54) is 4.88 Å². The third-order valence-electron chi connectivity index (χ3n) is 1.90. The van der Waals surface area contributed by atoms with Crippen molar-refractivity contribution in [3.05, 3.63) is 28.8 Å². The van der Waals surface area contributed by atoms with E-state index < -0.39 is 0 Å². The summed E-state index contributed by atoms with van der Waals surface area (Å²) in [6, 6.07) is 6.17. The lowest BCUT2D eigenvalue weighted by Gasteiger charge is -1.84. The standard InChI is InChI=1S/C10H11NOS/c1-3-8-6-9(12-11-8)10-5-4-7(2)13-10/h4-6H,3H2,1-2H3. The molecule has 0 saturated heterocycles. The molecule has 68 valence electrons. The van der Waals surface area contributed by atoms with E-state index in [1.807, 2.05) is 6.07 Å². The van der Waals surface area contributed by atoms with Crippen LogP contribution in [0.15, 0.2) is 22.7 Å². The number of rotatable bonds is 2. The molecule has 0 saturated carbocycles. The van der Waals surface area contributed by atoms with E-state index in [-0.39, 0.29) is 0 Å². The molecule has 2 aromatic heterocycles. The average molecular weight is 193 g/mol. The lowest BCUT2D eigenvalue weighted by molar-refractivity contribution is 0.425. The molecule has 0 radical (unpaired) electrons. The van der Waals surface area contributed by atoms with E-state index in [9.17, 15) is 0 Å². The molecule has 0 amide bonds. The van der Waals surface area contributed by atoms with Gasteiger partial charge < -0.3 is 4.52 Å². The summed E-state index contributed by atoms with van der Waals surface area (Å²) in [5.74, 6) is 0.884. The summed E-state index contributed by atoms with van der Waals surface area (Å²) in [4.78, 5) is 2.45. The maximum Gasteiger partial charge on any atom is 0.177 e. The Hall–Kier alpha value is -1.09. The maximum atomic E-state index is 5.22. The van der Waals surface area contributed by atoms with Crippen molar-refractivity contribution >= 4 is 11.3 Å². The van der Waals surface area contributed by atoms with Gasteiger partial charge in [0.05, 0.1) is 10.6 Å². The summed E-state index contributed by atoms with van der Waals surface area (Å²) >= 11 is 1.73. The van der Waals surface area contributed by atoms with Crippen molar-refractivity contribution in [3.8, 4) is 10.6 Å². The van der Waals surface area contributed by atoms with Crippen LogP contribution in [0, 0.1) is 6.92 Å². The summed E-state index contributed by atoms with van der Waals surface area (Å²) in [6.45, 7) is 4.16. The first-order chi connectivity index (χ1) is 6.29. The third-order valence-corrected chi connectivity index (χ3v) is 2.92. The van der Waals surface area contributed by atoms with Crippen LogP contribution in [0.5, 0.6) is 0 Å². The molecular formula is C10H11NOS. The fourth-order valence-corrected chi connectivity index (χ4v) is 1.98. The van der Waals surface area contributed by atoms with E-state index in [0.29, 0.717) is 0 Å². The Labute approximate surface area is 81.2 Å². The topological polar surface area (TPSA) is 26.0 Å². The largest absolute Gasteiger partial charge is 0.355 e. The first-order valence-corrected chi connectivity index (χ1v) is 5.13. The van der Waals surface area contributed by atoms with Crippen LogP contribution in [0.2, 0.25) is 0 Å². The molecule has 2 rings (SSSR count). The molecule has 0 N–H and O–H groups in total. The SMILES string of the molecule is CCc1cc(-c2ccc(C)s2)on1. The van der Waals surface area contributed by atoms with Crippen molar-refractivity contribution in [2.75, 3.05) is 0 Å². The molecule has 0 unspecified atom stereocenters. The van der Waals surface area contributed by atoms with Crippen molar-refractivity contribution in [3.63, 3.8) is 0 Å². The van der Waals surface area contributed by atoms with Gasteiger partial charge in [0.25, 0.3) is 0 Å². The van der Waals surface area contributed by atoms with Crippen LogP contribution in [0.1, 0.15) is 17.5 Å². The first kappa shape index (κ1) is 8.51. The zero-order valence-electron chi connectivity index (χ0n) is 7.70. The lowest BCUT2D eigenvalue weighted by atomic mass is 10.3. The van der Waals surface area contributed by atoms with Crippen LogP contribution in [-0.4, -0.2) is 5.16 Å². The summed E-state index contributed by atoms with van der Waals surface area (Å²) in [5.41, 5.74) is 1.01. The number of thiophene rings is 1. The van der Waals surface area contributed by atoms with Gasteiger partial charge in [-0.25, -0.2) is 0 Å². The van der Waals surface area contributed by atoms with Crippen molar-refractivity contribution in [1.82, 2.24) is 5.16 Å². The summed E-state index contributed by atoms with van der Waals surface area (Å²) in [6.07, 6.45) is 0.924. The molecule has 2 heterocycles. The number of hydrogen-bond acceptors (Lipinski definition) is 3. The Kier molecular flexibility index (Phi) is 2.19. The van der Waals surface area contributed by atoms with Crippen LogP contribution in [0.3, 0.4) is 0 Å². The predicted octanol–water partition coefficient (Wildman–Crippen LogP) is 3.27. The zero-order valence-corrected chi connectivity index (χ0v) is 8.52. The highest BCUT2D eigenvalue weighted by Crippen LogP contribution is 2.27. The van der Waals surface area contributed by atoms with E-state index in [2.05, 4.69) is 31.1 Å². The molecule has 2 aromatic rings. The Balaban J connectivity index is 2.35. The van der Waals surface area contributed by atoms with E-state index in [4.69, 9.17) is 4.52 Å². The molecule has 3 heteroatoms. The van der Waals surface area contributed by atoms with Gasteiger partial charge in [-0.3, -0.25) is 0 Å². The van der Waals surface area contributed by atoms with E-state index >= 15 is 0 Å². The van der Waals surface area contributed by atoms with Crippen molar-refractivity contribution in [1.29, 1.82) is 0 Å². The van der Waals surface area contributed by atoms with Gasteiger partial charge in [0.15, 0.2) is 5.76 Å². The van der Waals surface area contributed by atoms with Gasteiger partial charge in [0.2, 0.25) is 0 Å². The average Bonchev–Trinajstić information content (AvgIpc) is 2.71. The summed E-state index contributed by atoms with van der Waals surface area (Å²) in [5, 5.41) is 3.95. The van der Waals surface area contributed by atoms with Crippen molar-refractivity contribution in [2.24, 2.45) is 0 Å². The Bertz CT molecular complexity index is 402. The van der Waals surface area contributed by atoms with Crippen LogP contribution < -0.4 is 0 Å². The Morgan fingerprint density at radius 1 is 1.46 bits per heavy atom. The molecule has 0 fully saturated rings. The van der Waals surface area contributed by atoms with Gasteiger partial charge >= 0.3 is 0 Å². The second kappa shape index (κ2) is 3.34. The molecule has 0 atom stereocenters. The molecular weight excluding hydrogens is 182 g/mol. The minimum absolute atomic E-state index is 0.884. The number of nitrogens with zero attached hydrogens (tertiary/aromatic N) is 1. The summed E-state index contributed by atoms with van der Waals surface area (Å²) < 4.78 is 5.22. The predicted molar refractivity (Wildman–Crippen MR) is 53.9 cm³/mol. The Morgan fingerprint density at radius 2 is 2.31 bits per heavy atom. The number of aryl methyl sites for hydroxylation is 2. The summed E-state index contributed by atoms with van der Waals surface area (Å²) in [7, 11) is 0. The molecule has 0 aliphatic rings. The van der Waals surface area contributed by atoms with Gasteiger partial charge in [-0.05, 0) is 25.5 Å². The molecule has 0 spiro atoms. The molecule has 13 heavy (non-hydrogen) atoms. The molecule has 2 nitrogen and oxygen atoms in total. The van der Waals surface area contributed by atoms with E-state index in [0.717, 1.165) is 22.8 Å². The highest BCUT2D eigenvalue weighted by atomic mass is 32.1. The molecule has 0 aliphatic carbocycles. The fourth-order valence-electron chi connectivity index (χ4n) is 1.16. The minimum Gasteiger partial charge on any atom is -0.355 e. The van der Waals surface area contributed by atoms with Gasteiger partial charge in [-0.1, -0.05) is 12.1 Å². The second-order valence-corrected chi connectivity index (χ2v) is 4.23. The zero-order chi connectivity index (χ0) is 9.26. The highest BCUT2D eigenvalue weighted by molar-refractivity contribution is 7.15. The van der Waals surface area contributed by atoms with Crippen molar-refractivity contribution in [2.45, 2.75) is 20.3 Å². The monoisotopic (exact) mass is 193 g/mol. The number of aromatic nitrogens is 1.